The van der Waals surface area contributed by atoms with Crippen LogP contribution in [0.25, 0.3) is 0 Å². The third kappa shape index (κ3) is 4.40. The first-order chi connectivity index (χ1) is 17.1. The Morgan fingerprint density at radius 3 is 2.47 bits per heavy atom. The number of aliphatic hydroxyl groups excluding tert-OH is 1. The molecule has 0 radical (unpaired) electrons. The van der Waals surface area contributed by atoms with Gasteiger partial charge in [-0.15, -0.1) is 0 Å². The quantitative estimate of drug-likeness (QED) is 0.327. The number of allylic oxidation sites excluding steroid dienone is 1. The molecule has 8 heteroatoms. The van der Waals surface area contributed by atoms with Crippen molar-refractivity contribution in [2.24, 2.45) is 11.8 Å². The van der Waals surface area contributed by atoms with Crippen LogP contribution >= 0.6 is 0 Å². The van der Waals surface area contributed by atoms with Gasteiger partial charge < -0.3 is 24.4 Å². The zero-order valence-electron chi connectivity index (χ0n) is 22.2. The predicted molar refractivity (Wildman–Crippen MR) is 135 cm³/mol. The first-order valence-electron chi connectivity index (χ1n) is 13.6. The second-order valence-electron chi connectivity index (χ2n) is 11.5. The summed E-state index contributed by atoms with van der Waals surface area (Å²) < 4.78 is 12.6. The monoisotopic (exact) mass is 502 g/mol. The Morgan fingerprint density at radius 1 is 1.03 bits per heavy atom. The van der Waals surface area contributed by atoms with Crippen molar-refractivity contribution in [3.05, 3.63) is 24.3 Å². The number of ether oxygens (including phenoxy) is 2. The number of hydrogen-bond acceptors (Lipinski definition) is 6. The maximum Gasteiger partial charge on any atom is 0.313 e. The lowest BCUT2D eigenvalue weighted by Crippen LogP contribution is -2.59. The predicted octanol–water partition coefficient (Wildman–Crippen LogP) is 2.99. The third-order valence-electron chi connectivity index (χ3n) is 8.25. The topological polar surface area (TPSA) is 96.4 Å². The second kappa shape index (κ2) is 10.3. The van der Waals surface area contributed by atoms with E-state index in [2.05, 4.69) is 0 Å². The number of aliphatic hydroxyl groups is 1. The van der Waals surface area contributed by atoms with Crippen molar-refractivity contribution in [1.82, 2.24) is 9.80 Å². The molecular formula is C28H42N2O6. The van der Waals surface area contributed by atoms with Gasteiger partial charge in [-0.1, -0.05) is 44.1 Å². The highest BCUT2D eigenvalue weighted by Gasteiger charge is 2.75. The Hall–Kier alpha value is -2.19. The number of nitrogens with zero attached hydrogens (tertiary/aromatic N) is 2. The molecule has 1 unspecified atom stereocenters. The summed E-state index contributed by atoms with van der Waals surface area (Å²) in [6, 6.07) is -0.842. The Labute approximate surface area is 214 Å². The van der Waals surface area contributed by atoms with Crippen LogP contribution in [-0.4, -0.2) is 81.8 Å². The number of unbranched alkanes of at least 4 members (excludes halogenated alkanes) is 3. The van der Waals surface area contributed by atoms with E-state index in [9.17, 15) is 14.4 Å². The minimum atomic E-state index is -1.23. The molecule has 1 N–H and O–H groups in total. The molecule has 36 heavy (non-hydrogen) atoms. The van der Waals surface area contributed by atoms with E-state index in [1.807, 2.05) is 52.0 Å². The highest BCUT2D eigenvalue weighted by Crippen LogP contribution is 2.58. The molecule has 0 aromatic heterocycles. The molecule has 0 aromatic rings. The zero-order valence-corrected chi connectivity index (χ0v) is 22.2. The molecule has 0 aliphatic carbocycles. The van der Waals surface area contributed by atoms with Crippen molar-refractivity contribution < 1.29 is 29.0 Å². The minimum Gasteiger partial charge on any atom is -0.465 e. The Balaban J connectivity index is 1.80. The average molecular weight is 503 g/mol. The molecule has 200 valence electrons. The van der Waals surface area contributed by atoms with Gasteiger partial charge in [-0.05, 0) is 52.9 Å². The summed E-state index contributed by atoms with van der Waals surface area (Å²) in [5, 5.41) is 9.11. The van der Waals surface area contributed by atoms with E-state index < -0.39 is 40.6 Å². The van der Waals surface area contributed by atoms with Gasteiger partial charge in [0.15, 0.2) is 0 Å². The molecular weight excluding hydrogens is 460 g/mol. The summed E-state index contributed by atoms with van der Waals surface area (Å²) in [5.41, 5.74) is -2.68. The lowest BCUT2D eigenvalue weighted by atomic mass is 9.73. The van der Waals surface area contributed by atoms with Crippen molar-refractivity contribution >= 4 is 17.8 Å². The van der Waals surface area contributed by atoms with E-state index >= 15 is 0 Å². The zero-order chi connectivity index (χ0) is 26.1. The largest absolute Gasteiger partial charge is 0.465 e. The Morgan fingerprint density at radius 2 is 1.78 bits per heavy atom. The molecule has 0 saturated carbocycles. The summed E-state index contributed by atoms with van der Waals surface area (Å²) in [6.07, 6.45) is 12.9. The van der Waals surface area contributed by atoms with Crippen molar-refractivity contribution in [2.45, 2.75) is 95.4 Å². The number of amides is 2. The number of rotatable bonds is 7. The smallest absolute Gasteiger partial charge is 0.313 e. The number of hydrogen-bond donors (Lipinski definition) is 1. The van der Waals surface area contributed by atoms with Crippen molar-refractivity contribution in [3.8, 4) is 0 Å². The third-order valence-corrected chi connectivity index (χ3v) is 8.25. The fourth-order valence-corrected chi connectivity index (χ4v) is 6.47. The van der Waals surface area contributed by atoms with Gasteiger partial charge in [0, 0.05) is 25.2 Å². The van der Waals surface area contributed by atoms with E-state index in [0.717, 1.165) is 25.7 Å². The summed E-state index contributed by atoms with van der Waals surface area (Å²) in [6.45, 7) is 9.20. The van der Waals surface area contributed by atoms with Crippen LogP contribution in [0.4, 0.5) is 0 Å². The van der Waals surface area contributed by atoms with Gasteiger partial charge in [-0.3, -0.25) is 14.4 Å². The molecule has 4 heterocycles. The Bertz CT molecular complexity index is 923. The number of likely N-dealkylation sites (tertiary alicyclic amines) is 1. The van der Waals surface area contributed by atoms with Gasteiger partial charge in [-0.25, -0.2) is 0 Å². The Kier molecular flexibility index (Phi) is 7.68. The van der Waals surface area contributed by atoms with Gasteiger partial charge in [0.1, 0.15) is 23.2 Å². The van der Waals surface area contributed by atoms with Crippen LogP contribution in [0.1, 0.15) is 72.6 Å². The molecule has 4 aliphatic heterocycles. The van der Waals surface area contributed by atoms with Crippen molar-refractivity contribution in [1.29, 1.82) is 0 Å². The molecule has 8 nitrogen and oxygen atoms in total. The lowest BCUT2D eigenvalue weighted by Gasteiger charge is -2.41. The van der Waals surface area contributed by atoms with Crippen LogP contribution < -0.4 is 0 Å². The first-order valence-corrected chi connectivity index (χ1v) is 13.6. The fourth-order valence-electron chi connectivity index (χ4n) is 6.47. The maximum absolute atomic E-state index is 14.2. The summed E-state index contributed by atoms with van der Waals surface area (Å²) >= 11 is 0. The molecule has 4 rings (SSSR count). The summed E-state index contributed by atoms with van der Waals surface area (Å²) in [5.74, 6) is -2.41. The number of carbonyl (C=O) groups excluding carboxylic acids is 3. The van der Waals surface area contributed by atoms with Crippen LogP contribution in [0.5, 0.6) is 0 Å². The van der Waals surface area contributed by atoms with Crippen molar-refractivity contribution in [2.75, 3.05) is 26.3 Å². The van der Waals surface area contributed by atoms with E-state index in [1.54, 1.807) is 9.80 Å². The fraction of sp³-hybridized carbons (Fsp3) is 0.750. The van der Waals surface area contributed by atoms with Gasteiger partial charge in [0.25, 0.3) is 0 Å². The van der Waals surface area contributed by atoms with E-state index in [4.69, 9.17) is 14.6 Å². The van der Waals surface area contributed by atoms with Crippen LogP contribution in [0.2, 0.25) is 0 Å². The minimum absolute atomic E-state index is 0.143. The highest BCUT2D eigenvalue weighted by molar-refractivity contribution is 5.99. The maximum atomic E-state index is 14.2. The molecule has 4 aliphatic rings. The highest BCUT2D eigenvalue weighted by atomic mass is 16.6. The summed E-state index contributed by atoms with van der Waals surface area (Å²) in [7, 11) is 0. The van der Waals surface area contributed by atoms with Crippen molar-refractivity contribution in [3.63, 3.8) is 0 Å². The first kappa shape index (κ1) is 26.9. The number of fused-ring (bicyclic) bond motifs is 2. The second-order valence-corrected chi connectivity index (χ2v) is 11.5. The molecule has 2 saturated heterocycles. The molecule has 0 aromatic carbocycles. The molecule has 2 amide bonds. The van der Waals surface area contributed by atoms with Gasteiger partial charge in [-0.2, -0.15) is 0 Å². The number of carbonyl (C=O) groups is 3. The van der Waals surface area contributed by atoms with Gasteiger partial charge in [0.05, 0.1) is 12.5 Å². The summed E-state index contributed by atoms with van der Waals surface area (Å²) in [4.78, 5) is 45.4. The van der Waals surface area contributed by atoms with Gasteiger partial charge >= 0.3 is 5.97 Å². The van der Waals surface area contributed by atoms with Crippen LogP contribution in [0.3, 0.4) is 0 Å². The average Bonchev–Trinajstić information content (AvgIpc) is 3.19. The van der Waals surface area contributed by atoms with Crippen LogP contribution in [0, 0.1) is 11.8 Å². The molecule has 2 fully saturated rings. The molecule has 0 bridgehead atoms. The number of esters is 1. The molecule has 5 atom stereocenters. The van der Waals surface area contributed by atoms with Crippen LogP contribution in [0.15, 0.2) is 24.3 Å². The number of cyclic esters (lactones) is 1. The van der Waals surface area contributed by atoms with E-state index in [1.165, 1.54) is 0 Å². The van der Waals surface area contributed by atoms with Crippen LogP contribution in [-0.2, 0) is 23.9 Å². The van der Waals surface area contributed by atoms with E-state index in [-0.39, 0.29) is 18.4 Å². The standard InChI is InChI=1S/C28H42N2O6/c1-5-27-14-9-8-12-19-35-25(34)21(27)20-23(32)29(16-10-6-7-11-18-31)22-24(33)30(26(2,3)4)17-13-15-28(20,22)36-27/h9,13-15,20-22,31H,5-8,10-12,16-19H2,1-4H3/b14-9-/t20-,21-,22?,27+,28-/m0/s1. The molecule has 1 spiro atoms. The normalized spacial score (nSPS) is 35.4. The van der Waals surface area contributed by atoms with Gasteiger partial charge in [0.2, 0.25) is 11.8 Å². The van der Waals surface area contributed by atoms with E-state index in [0.29, 0.717) is 39.0 Å². The lowest BCUT2D eigenvalue weighted by molar-refractivity contribution is -0.162. The SMILES string of the molecule is CC[C@@]12/C=C\CCCOC(=O)[C@@H]1[C@H]1C(=O)N(CCCCCCO)C3C(=O)N(C(C)(C)C)CC=C[C@@]31O2.